The van der Waals surface area contributed by atoms with Gasteiger partial charge in [-0.05, 0) is 49.4 Å². The fraction of sp³-hybridized carbons (Fsp3) is 0.318. The summed E-state index contributed by atoms with van der Waals surface area (Å²) in [6.45, 7) is 0. The van der Waals surface area contributed by atoms with Crippen LogP contribution in [0.1, 0.15) is 51.7 Å². The number of rotatable bonds is 5. The lowest BCUT2D eigenvalue weighted by Crippen LogP contribution is -2.41. The summed E-state index contributed by atoms with van der Waals surface area (Å²) >= 11 is 7.69. The maximum atomic E-state index is 12.4. The number of benzene rings is 1. The summed E-state index contributed by atoms with van der Waals surface area (Å²) in [5.41, 5.74) is 7.00. The molecule has 0 spiro atoms. The number of fused-ring (bicyclic) bond motifs is 1. The molecule has 0 radical (unpaired) electrons. The Morgan fingerprint density at radius 2 is 1.97 bits per heavy atom. The molecule has 3 aromatic rings. The van der Waals surface area contributed by atoms with Crippen LogP contribution in [0.25, 0.3) is 11.3 Å². The second-order valence-corrected chi connectivity index (χ2v) is 8.76. The van der Waals surface area contributed by atoms with Crippen LogP contribution in [0.2, 0.25) is 5.02 Å². The summed E-state index contributed by atoms with van der Waals surface area (Å²) in [7, 11) is 0. The minimum Gasteiger partial charge on any atom is -0.441 e. The molecule has 2 heterocycles. The van der Waals surface area contributed by atoms with E-state index in [1.54, 1.807) is 12.3 Å². The highest BCUT2D eigenvalue weighted by molar-refractivity contribution is 7.14. The highest BCUT2D eigenvalue weighted by atomic mass is 35.5. The van der Waals surface area contributed by atoms with Crippen molar-refractivity contribution in [2.75, 3.05) is 0 Å². The van der Waals surface area contributed by atoms with Gasteiger partial charge in [0.25, 0.3) is 5.91 Å². The molecule has 0 bridgehead atoms. The molecule has 0 aliphatic heterocycles. The van der Waals surface area contributed by atoms with Gasteiger partial charge < -0.3 is 4.42 Å². The first-order chi connectivity index (χ1) is 14.6. The number of thiophene rings is 1. The van der Waals surface area contributed by atoms with Crippen LogP contribution in [0.4, 0.5) is 0 Å². The average molecular weight is 444 g/mol. The van der Waals surface area contributed by atoms with Gasteiger partial charge in [-0.25, -0.2) is 4.98 Å². The van der Waals surface area contributed by atoms with Crippen molar-refractivity contribution in [3.05, 3.63) is 62.8 Å². The molecule has 0 atom stereocenters. The number of hydrazine groups is 1. The third kappa shape index (κ3) is 4.91. The van der Waals surface area contributed by atoms with E-state index in [4.69, 9.17) is 16.0 Å². The molecule has 4 rings (SSSR count). The lowest BCUT2D eigenvalue weighted by Gasteiger charge is -2.05. The minimum atomic E-state index is -0.307. The largest absolute Gasteiger partial charge is 0.441 e. The van der Waals surface area contributed by atoms with Gasteiger partial charge in [0, 0.05) is 23.3 Å². The van der Waals surface area contributed by atoms with Gasteiger partial charge in [0.05, 0.1) is 16.1 Å². The van der Waals surface area contributed by atoms with Gasteiger partial charge in [0.15, 0.2) is 11.7 Å². The van der Waals surface area contributed by atoms with Crippen molar-refractivity contribution < 1.29 is 14.0 Å². The van der Waals surface area contributed by atoms with Crippen molar-refractivity contribution in [1.82, 2.24) is 15.8 Å². The Kier molecular flexibility index (Phi) is 6.50. The van der Waals surface area contributed by atoms with E-state index in [9.17, 15) is 9.59 Å². The topological polar surface area (TPSA) is 84.2 Å². The number of aromatic nitrogens is 1. The smallest absolute Gasteiger partial charge is 0.279 e. The van der Waals surface area contributed by atoms with E-state index in [-0.39, 0.29) is 18.2 Å². The SMILES string of the molecule is O=C(CCc1ncc(-c2ccccc2Cl)o1)NNC(=O)c1cc2c(s1)CCCCC2. The van der Waals surface area contributed by atoms with Crippen molar-refractivity contribution in [3.63, 3.8) is 0 Å². The maximum Gasteiger partial charge on any atom is 0.279 e. The molecule has 0 saturated carbocycles. The Morgan fingerprint density at radius 1 is 1.13 bits per heavy atom. The first-order valence-electron chi connectivity index (χ1n) is 10.0. The predicted octanol–water partition coefficient (Wildman–Crippen LogP) is 4.72. The number of nitrogens with zero attached hydrogens (tertiary/aromatic N) is 1. The molecule has 1 aromatic carbocycles. The first-order valence-corrected chi connectivity index (χ1v) is 11.2. The molecule has 6 nitrogen and oxygen atoms in total. The molecule has 2 aromatic heterocycles. The third-order valence-electron chi connectivity index (χ3n) is 5.04. The normalized spacial score (nSPS) is 13.4. The van der Waals surface area contributed by atoms with E-state index in [1.165, 1.54) is 41.0 Å². The van der Waals surface area contributed by atoms with Gasteiger partial charge in [-0.15, -0.1) is 11.3 Å². The minimum absolute atomic E-state index is 0.143. The molecule has 0 unspecified atom stereocenters. The van der Waals surface area contributed by atoms with E-state index < -0.39 is 0 Å². The molecule has 8 heteroatoms. The van der Waals surface area contributed by atoms with Crippen LogP contribution >= 0.6 is 22.9 Å². The fourth-order valence-corrected chi connectivity index (χ4v) is 4.84. The predicted molar refractivity (Wildman–Crippen MR) is 116 cm³/mol. The number of oxazole rings is 1. The molecule has 1 aliphatic carbocycles. The number of carbonyl (C=O) groups excluding carboxylic acids is 2. The standard InChI is InChI=1S/C22H22ClN3O3S/c23-16-8-5-4-7-15(16)17-13-24-21(29-17)11-10-20(27)25-26-22(28)19-12-14-6-2-1-3-9-18(14)30-19/h4-5,7-8,12-13H,1-3,6,9-11H2,(H,25,27)(H,26,28). The molecule has 30 heavy (non-hydrogen) atoms. The molecule has 0 saturated heterocycles. The first kappa shape index (κ1) is 20.6. The van der Waals surface area contributed by atoms with Crippen molar-refractivity contribution >= 4 is 34.8 Å². The summed E-state index contributed by atoms with van der Waals surface area (Å²) in [4.78, 5) is 30.6. The molecular weight excluding hydrogens is 422 g/mol. The van der Waals surface area contributed by atoms with E-state index in [2.05, 4.69) is 15.8 Å². The monoisotopic (exact) mass is 443 g/mol. The van der Waals surface area contributed by atoms with Gasteiger partial charge in [-0.3, -0.25) is 20.4 Å². The zero-order valence-electron chi connectivity index (χ0n) is 16.4. The number of aryl methyl sites for hydroxylation is 3. The van der Waals surface area contributed by atoms with Crippen molar-refractivity contribution in [2.24, 2.45) is 0 Å². The van der Waals surface area contributed by atoms with Crippen LogP contribution in [0, 0.1) is 0 Å². The lowest BCUT2D eigenvalue weighted by atomic mass is 10.1. The van der Waals surface area contributed by atoms with Gasteiger partial charge >= 0.3 is 0 Å². The van der Waals surface area contributed by atoms with Crippen LogP contribution in [-0.4, -0.2) is 16.8 Å². The Morgan fingerprint density at radius 3 is 2.83 bits per heavy atom. The second kappa shape index (κ2) is 9.45. The summed E-state index contributed by atoms with van der Waals surface area (Å²) in [6, 6.07) is 9.29. The summed E-state index contributed by atoms with van der Waals surface area (Å²) in [6.07, 6.45) is 7.69. The Hall–Kier alpha value is -2.64. The number of halogens is 1. The third-order valence-corrected chi connectivity index (χ3v) is 6.61. The van der Waals surface area contributed by atoms with E-state index in [0.29, 0.717) is 28.0 Å². The lowest BCUT2D eigenvalue weighted by molar-refractivity contribution is -0.121. The number of amides is 2. The fourth-order valence-electron chi connectivity index (χ4n) is 3.46. The van der Waals surface area contributed by atoms with Gasteiger partial charge in [-0.1, -0.05) is 30.2 Å². The highest BCUT2D eigenvalue weighted by Gasteiger charge is 2.17. The Balaban J connectivity index is 1.26. The number of carbonyl (C=O) groups is 2. The molecule has 156 valence electrons. The molecule has 0 fully saturated rings. The second-order valence-electron chi connectivity index (χ2n) is 7.22. The highest BCUT2D eigenvalue weighted by Crippen LogP contribution is 2.29. The van der Waals surface area contributed by atoms with Crippen molar-refractivity contribution in [1.29, 1.82) is 0 Å². The molecule has 2 N–H and O–H groups in total. The molecule has 2 amide bonds. The Bertz CT molecular complexity index is 1040. The van der Waals surface area contributed by atoms with Gasteiger partial charge in [0.1, 0.15) is 0 Å². The van der Waals surface area contributed by atoms with E-state index >= 15 is 0 Å². The van der Waals surface area contributed by atoms with Crippen LogP contribution in [0.3, 0.4) is 0 Å². The van der Waals surface area contributed by atoms with E-state index in [0.717, 1.165) is 18.4 Å². The zero-order valence-corrected chi connectivity index (χ0v) is 17.9. The zero-order chi connectivity index (χ0) is 20.9. The van der Waals surface area contributed by atoms with Crippen molar-refractivity contribution in [3.8, 4) is 11.3 Å². The number of nitrogens with one attached hydrogen (secondary N) is 2. The van der Waals surface area contributed by atoms with Gasteiger partial charge in [0.2, 0.25) is 5.91 Å². The quantitative estimate of drug-likeness (QED) is 0.441. The van der Waals surface area contributed by atoms with Gasteiger partial charge in [-0.2, -0.15) is 0 Å². The average Bonchev–Trinajstić information content (AvgIpc) is 3.33. The van der Waals surface area contributed by atoms with Crippen LogP contribution < -0.4 is 10.9 Å². The summed E-state index contributed by atoms with van der Waals surface area (Å²) in [5.74, 6) is 0.410. The summed E-state index contributed by atoms with van der Waals surface area (Å²) in [5, 5.41) is 0.575. The van der Waals surface area contributed by atoms with Crippen LogP contribution in [0.5, 0.6) is 0 Å². The van der Waals surface area contributed by atoms with Crippen molar-refractivity contribution in [2.45, 2.75) is 44.9 Å². The molecule has 1 aliphatic rings. The van der Waals surface area contributed by atoms with Crippen LogP contribution in [-0.2, 0) is 24.1 Å². The van der Waals surface area contributed by atoms with Crippen LogP contribution in [0.15, 0.2) is 40.9 Å². The molecular formula is C22H22ClN3O3S. The Labute approximate surface area is 183 Å². The maximum absolute atomic E-state index is 12.4. The number of hydrogen-bond donors (Lipinski definition) is 2. The summed E-state index contributed by atoms with van der Waals surface area (Å²) < 4.78 is 5.69. The van der Waals surface area contributed by atoms with E-state index in [1.807, 2.05) is 24.3 Å². The number of hydrogen-bond acceptors (Lipinski definition) is 5.